The van der Waals surface area contributed by atoms with E-state index in [9.17, 15) is 9.59 Å². The summed E-state index contributed by atoms with van der Waals surface area (Å²) in [4.78, 5) is 26.9. The SMILES string of the molecule is CNC(=O)[C@H]1Cc2ccccc2N1C(=O)/C=C\c1cc(OC)c(OC)c(OC)c1. The Morgan fingerprint density at radius 2 is 1.72 bits per heavy atom. The molecule has 7 heteroatoms. The van der Waals surface area contributed by atoms with Crippen LogP contribution in [-0.2, 0) is 16.0 Å². The van der Waals surface area contributed by atoms with Gasteiger partial charge in [-0.15, -0.1) is 0 Å². The lowest BCUT2D eigenvalue weighted by molar-refractivity contribution is -0.124. The van der Waals surface area contributed by atoms with Gasteiger partial charge in [-0.3, -0.25) is 14.5 Å². The van der Waals surface area contributed by atoms with Gasteiger partial charge < -0.3 is 19.5 Å². The number of methoxy groups -OCH3 is 3. The molecule has 0 spiro atoms. The van der Waals surface area contributed by atoms with E-state index in [0.29, 0.717) is 29.2 Å². The number of benzene rings is 2. The van der Waals surface area contributed by atoms with Crippen LogP contribution in [0.4, 0.5) is 5.69 Å². The summed E-state index contributed by atoms with van der Waals surface area (Å²) in [5.41, 5.74) is 2.42. The van der Waals surface area contributed by atoms with Crippen LogP contribution in [0.1, 0.15) is 11.1 Å². The maximum Gasteiger partial charge on any atom is 0.251 e. The molecule has 1 N–H and O–H groups in total. The van der Waals surface area contributed by atoms with Crippen LogP contribution in [-0.4, -0.2) is 46.2 Å². The van der Waals surface area contributed by atoms with Gasteiger partial charge in [-0.25, -0.2) is 0 Å². The van der Waals surface area contributed by atoms with Crippen LogP contribution < -0.4 is 24.4 Å². The molecule has 1 aliphatic heterocycles. The average molecular weight is 396 g/mol. The van der Waals surface area contributed by atoms with E-state index in [1.165, 1.54) is 32.3 Å². The highest BCUT2D eigenvalue weighted by atomic mass is 16.5. The van der Waals surface area contributed by atoms with Gasteiger partial charge in [0.1, 0.15) is 6.04 Å². The molecule has 1 heterocycles. The summed E-state index contributed by atoms with van der Waals surface area (Å²) in [7, 11) is 6.17. The number of amides is 2. The van der Waals surface area contributed by atoms with Crippen LogP contribution in [0.15, 0.2) is 42.5 Å². The van der Waals surface area contributed by atoms with Gasteiger partial charge in [0.15, 0.2) is 11.5 Å². The van der Waals surface area contributed by atoms with Gasteiger partial charge in [-0.2, -0.15) is 0 Å². The average Bonchev–Trinajstić information content (AvgIpc) is 3.15. The Morgan fingerprint density at radius 1 is 1.07 bits per heavy atom. The molecule has 2 amide bonds. The highest BCUT2D eigenvalue weighted by Gasteiger charge is 2.36. The second-order valence-electron chi connectivity index (χ2n) is 6.46. The lowest BCUT2D eigenvalue weighted by Gasteiger charge is -2.23. The van der Waals surface area contributed by atoms with Crippen molar-refractivity contribution < 1.29 is 23.8 Å². The minimum Gasteiger partial charge on any atom is -0.493 e. The van der Waals surface area contributed by atoms with Crippen molar-refractivity contribution in [1.82, 2.24) is 5.32 Å². The number of hydrogen-bond donors (Lipinski definition) is 1. The molecule has 2 aromatic carbocycles. The molecule has 3 rings (SSSR count). The van der Waals surface area contributed by atoms with Crippen LogP contribution in [0.3, 0.4) is 0 Å². The fourth-order valence-corrected chi connectivity index (χ4v) is 3.48. The summed E-state index contributed by atoms with van der Waals surface area (Å²) in [6, 6.07) is 10.5. The predicted molar refractivity (Wildman–Crippen MR) is 111 cm³/mol. The number of ether oxygens (including phenoxy) is 3. The number of carbonyl (C=O) groups excluding carboxylic acids is 2. The molecule has 0 saturated carbocycles. The molecule has 1 aliphatic rings. The van der Waals surface area contributed by atoms with E-state index in [1.54, 1.807) is 25.3 Å². The summed E-state index contributed by atoms with van der Waals surface area (Å²) in [6.45, 7) is 0. The monoisotopic (exact) mass is 396 g/mol. The van der Waals surface area contributed by atoms with Crippen molar-refractivity contribution >= 4 is 23.6 Å². The Bertz CT molecular complexity index is 929. The Hall–Kier alpha value is -3.48. The molecule has 0 aliphatic carbocycles. The zero-order valence-corrected chi connectivity index (χ0v) is 16.9. The van der Waals surface area contributed by atoms with Crippen LogP contribution in [0.2, 0.25) is 0 Å². The van der Waals surface area contributed by atoms with Gasteiger partial charge in [-0.1, -0.05) is 18.2 Å². The van der Waals surface area contributed by atoms with Crippen molar-refractivity contribution in [2.45, 2.75) is 12.5 Å². The quantitative estimate of drug-likeness (QED) is 0.759. The maximum absolute atomic E-state index is 13.0. The molecule has 0 fully saturated rings. The first-order valence-electron chi connectivity index (χ1n) is 9.14. The number of rotatable bonds is 6. The third-order valence-electron chi connectivity index (χ3n) is 4.87. The molecule has 2 aromatic rings. The number of likely N-dealkylation sites (N-methyl/N-ethyl adjacent to an activating group) is 1. The maximum atomic E-state index is 13.0. The van der Waals surface area contributed by atoms with Gasteiger partial charge >= 0.3 is 0 Å². The third kappa shape index (κ3) is 3.89. The largest absolute Gasteiger partial charge is 0.493 e. The lowest BCUT2D eigenvalue weighted by atomic mass is 10.1. The van der Waals surface area contributed by atoms with Gasteiger partial charge in [0.25, 0.3) is 5.91 Å². The van der Waals surface area contributed by atoms with Crippen molar-refractivity contribution in [1.29, 1.82) is 0 Å². The highest BCUT2D eigenvalue weighted by Crippen LogP contribution is 2.38. The number of fused-ring (bicyclic) bond motifs is 1. The van der Waals surface area contributed by atoms with E-state index in [-0.39, 0.29) is 11.8 Å². The Morgan fingerprint density at radius 3 is 2.31 bits per heavy atom. The summed E-state index contributed by atoms with van der Waals surface area (Å²) in [5, 5.41) is 2.64. The highest BCUT2D eigenvalue weighted by molar-refractivity contribution is 6.09. The summed E-state index contributed by atoms with van der Waals surface area (Å²) >= 11 is 0. The molecule has 0 radical (unpaired) electrons. The number of carbonyl (C=O) groups is 2. The van der Waals surface area contributed by atoms with Crippen LogP contribution in [0.5, 0.6) is 17.2 Å². The van der Waals surface area contributed by atoms with Crippen LogP contribution in [0, 0.1) is 0 Å². The third-order valence-corrected chi connectivity index (χ3v) is 4.87. The normalized spacial score (nSPS) is 15.2. The van der Waals surface area contributed by atoms with E-state index >= 15 is 0 Å². The molecular formula is C22H24N2O5. The predicted octanol–water partition coefficient (Wildman–Crippen LogP) is 2.43. The molecule has 29 heavy (non-hydrogen) atoms. The Labute approximate surface area is 169 Å². The number of hydrogen-bond acceptors (Lipinski definition) is 5. The molecule has 1 atom stereocenters. The fraction of sp³-hybridized carbons (Fsp3) is 0.273. The first-order valence-corrected chi connectivity index (χ1v) is 9.14. The lowest BCUT2D eigenvalue weighted by Crippen LogP contribution is -2.46. The van der Waals surface area contributed by atoms with Gasteiger partial charge in [0, 0.05) is 25.2 Å². The van der Waals surface area contributed by atoms with Gasteiger partial charge in [0.2, 0.25) is 11.7 Å². The fourth-order valence-electron chi connectivity index (χ4n) is 3.48. The molecule has 0 unspecified atom stereocenters. The zero-order valence-electron chi connectivity index (χ0n) is 16.9. The topological polar surface area (TPSA) is 77.1 Å². The molecule has 0 saturated heterocycles. The van der Waals surface area contributed by atoms with Gasteiger partial charge in [0.05, 0.1) is 21.3 Å². The molecular weight excluding hydrogens is 372 g/mol. The Balaban J connectivity index is 1.92. The second kappa shape index (κ2) is 8.68. The van der Waals surface area contributed by atoms with E-state index in [4.69, 9.17) is 14.2 Å². The van der Waals surface area contributed by atoms with Crippen molar-refractivity contribution in [3.63, 3.8) is 0 Å². The summed E-state index contributed by atoms with van der Waals surface area (Å²) in [6.07, 6.45) is 3.59. The zero-order chi connectivity index (χ0) is 21.0. The molecule has 152 valence electrons. The van der Waals surface area contributed by atoms with Crippen LogP contribution in [0.25, 0.3) is 6.08 Å². The van der Waals surface area contributed by atoms with E-state index in [0.717, 1.165) is 11.3 Å². The summed E-state index contributed by atoms with van der Waals surface area (Å²) < 4.78 is 16.0. The number of nitrogens with one attached hydrogen (secondary N) is 1. The van der Waals surface area contributed by atoms with Gasteiger partial charge in [-0.05, 0) is 35.4 Å². The second-order valence-corrected chi connectivity index (χ2v) is 6.46. The number of para-hydroxylation sites is 1. The van der Waals surface area contributed by atoms with E-state index < -0.39 is 6.04 Å². The Kier molecular flexibility index (Phi) is 6.07. The first kappa shape index (κ1) is 20.3. The smallest absolute Gasteiger partial charge is 0.251 e. The molecule has 0 aromatic heterocycles. The molecule has 7 nitrogen and oxygen atoms in total. The minimum atomic E-state index is -0.575. The standard InChI is InChI=1S/C22H24N2O5/c1-23-22(26)17-13-15-7-5-6-8-16(15)24(17)20(25)10-9-14-11-18(27-2)21(29-4)19(12-14)28-3/h5-12,17H,13H2,1-4H3,(H,23,26)/b10-9-/t17-/m1/s1. The van der Waals surface area contributed by atoms with Crippen molar-refractivity contribution in [2.75, 3.05) is 33.3 Å². The van der Waals surface area contributed by atoms with Crippen molar-refractivity contribution in [3.8, 4) is 17.2 Å². The van der Waals surface area contributed by atoms with Crippen molar-refractivity contribution in [3.05, 3.63) is 53.6 Å². The van der Waals surface area contributed by atoms with Crippen LogP contribution >= 0.6 is 0 Å². The minimum absolute atomic E-state index is 0.198. The molecule has 0 bridgehead atoms. The van der Waals surface area contributed by atoms with Crippen molar-refractivity contribution in [2.24, 2.45) is 0 Å². The van der Waals surface area contributed by atoms with E-state index in [1.807, 2.05) is 24.3 Å². The number of anilines is 1. The summed E-state index contributed by atoms with van der Waals surface area (Å²) in [5.74, 6) is 0.988. The number of nitrogens with zero attached hydrogens (tertiary/aromatic N) is 1. The first-order chi connectivity index (χ1) is 14.0. The van der Waals surface area contributed by atoms with E-state index in [2.05, 4.69) is 5.32 Å².